The lowest BCUT2D eigenvalue weighted by atomic mass is 10.2. The van der Waals surface area contributed by atoms with Crippen molar-refractivity contribution in [3.63, 3.8) is 0 Å². The minimum absolute atomic E-state index is 0.0906. The molecule has 6 heteroatoms. The standard InChI is InChI=1S/C14H20N4O2/c1-4-16(3)8-5-9-17-11(2)15-13-10-12(18(19)20)6-7-14(13)17/h6-7,10H,4-5,8-9H2,1-3H3. The fourth-order valence-electron chi connectivity index (χ4n) is 2.29. The Bertz CT molecular complexity index is 621. The third-order valence-corrected chi connectivity index (χ3v) is 3.59. The van der Waals surface area contributed by atoms with Crippen LogP contribution in [0.2, 0.25) is 0 Å². The quantitative estimate of drug-likeness (QED) is 0.601. The first-order chi connectivity index (χ1) is 9.52. The van der Waals surface area contributed by atoms with Crippen molar-refractivity contribution >= 4 is 16.7 Å². The summed E-state index contributed by atoms with van der Waals surface area (Å²) in [7, 11) is 2.10. The molecule has 1 aromatic carbocycles. The second kappa shape index (κ2) is 6.00. The van der Waals surface area contributed by atoms with E-state index in [0.717, 1.165) is 37.4 Å². The summed E-state index contributed by atoms with van der Waals surface area (Å²) < 4.78 is 2.13. The van der Waals surface area contributed by atoms with Crippen molar-refractivity contribution in [2.75, 3.05) is 20.1 Å². The van der Waals surface area contributed by atoms with Gasteiger partial charge in [0.25, 0.3) is 5.69 Å². The Morgan fingerprint density at radius 2 is 2.20 bits per heavy atom. The average molecular weight is 276 g/mol. The van der Waals surface area contributed by atoms with Crippen LogP contribution in [0.25, 0.3) is 11.0 Å². The molecule has 0 radical (unpaired) electrons. The number of hydrogen-bond donors (Lipinski definition) is 0. The summed E-state index contributed by atoms with van der Waals surface area (Å²) in [5, 5.41) is 10.8. The fraction of sp³-hybridized carbons (Fsp3) is 0.500. The van der Waals surface area contributed by atoms with E-state index in [0.29, 0.717) is 5.52 Å². The van der Waals surface area contributed by atoms with E-state index >= 15 is 0 Å². The Balaban J connectivity index is 2.21. The first-order valence-corrected chi connectivity index (χ1v) is 6.82. The Hall–Kier alpha value is -1.95. The van der Waals surface area contributed by atoms with Gasteiger partial charge in [0.15, 0.2) is 0 Å². The smallest absolute Gasteiger partial charge is 0.271 e. The van der Waals surface area contributed by atoms with Gasteiger partial charge >= 0.3 is 0 Å². The third-order valence-electron chi connectivity index (χ3n) is 3.59. The van der Waals surface area contributed by atoms with Crippen molar-refractivity contribution in [3.8, 4) is 0 Å². The van der Waals surface area contributed by atoms with Gasteiger partial charge in [-0.05, 0) is 39.5 Å². The number of aromatic nitrogens is 2. The summed E-state index contributed by atoms with van der Waals surface area (Å²) in [6.45, 7) is 7.02. The van der Waals surface area contributed by atoms with Crippen molar-refractivity contribution in [2.45, 2.75) is 26.8 Å². The minimum atomic E-state index is -0.385. The molecule has 0 saturated carbocycles. The van der Waals surface area contributed by atoms with Crippen molar-refractivity contribution < 1.29 is 4.92 Å². The first kappa shape index (κ1) is 14.5. The largest absolute Gasteiger partial charge is 0.328 e. The first-order valence-electron chi connectivity index (χ1n) is 6.82. The van der Waals surface area contributed by atoms with Gasteiger partial charge in [-0.15, -0.1) is 0 Å². The predicted molar refractivity (Wildman–Crippen MR) is 78.9 cm³/mol. The Morgan fingerprint density at radius 3 is 2.85 bits per heavy atom. The Morgan fingerprint density at radius 1 is 1.45 bits per heavy atom. The summed E-state index contributed by atoms with van der Waals surface area (Å²) in [6.07, 6.45) is 1.04. The highest BCUT2D eigenvalue weighted by atomic mass is 16.6. The number of fused-ring (bicyclic) bond motifs is 1. The van der Waals surface area contributed by atoms with Gasteiger partial charge < -0.3 is 9.47 Å². The maximum atomic E-state index is 10.8. The van der Waals surface area contributed by atoms with Crippen molar-refractivity contribution in [2.24, 2.45) is 0 Å². The Kier molecular flexibility index (Phi) is 4.34. The van der Waals surface area contributed by atoms with Crippen LogP contribution in [-0.2, 0) is 6.54 Å². The molecule has 0 fully saturated rings. The number of nitro groups is 1. The zero-order valence-corrected chi connectivity index (χ0v) is 12.2. The number of benzene rings is 1. The molecule has 0 unspecified atom stereocenters. The summed E-state index contributed by atoms with van der Waals surface area (Å²) in [6, 6.07) is 4.87. The number of rotatable bonds is 6. The fourth-order valence-corrected chi connectivity index (χ4v) is 2.29. The van der Waals surface area contributed by atoms with Crippen LogP contribution in [0.1, 0.15) is 19.2 Å². The van der Waals surface area contributed by atoms with Gasteiger partial charge in [-0.25, -0.2) is 4.98 Å². The molecule has 0 atom stereocenters. The van der Waals surface area contributed by atoms with E-state index in [4.69, 9.17) is 0 Å². The summed E-state index contributed by atoms with van der Waals surface area (Å²) in [5.74, 6) is 0.902. The molecular formula is C14H20N4O2. The van der Waals surface area contributed by atoms with Gasteiger partial charge in [-0.1, -0.05) is 6.92 Å². The number of imidazole rings is 1. The highest BCUT2D eigenvalue weighted by Crippen LogP contribution is 2.21. The zero-order valence-electron chi connectivity index (χ0n) is 12.2. The molecule has 20 heavy (non-hydrogen) atoms. The summed E-state index contributed by atoms with van der Waals surface area (Å²) in [4.78, 5) is 17.1. The number of hydrogen-bond acceptors (Lipinski definition) is 4. The molecule has 2 aromatic rings. The van der Waals surface area contributed by atoms with Gasteiger partial charge in [-0.3, -0.25) is 10.1 Å². The van der Waals surface area contributed by atoms with Gasteiger partial charge in [0.2, 0.25) is 0 Å². The molecule has 0 bridgehead atoms. The second-order valence-corrected chi connectivity index (χ2v) is 4.99. The lowest BCUT2D eigenvalue weighted by molar-refractivity contribution is -0.384. The lowest BCUT2D eigenvalue weighted by Gasteiger charge is -2.14. The predicted octanol–water partition coefficient (Wildman–Crippen LogP) is 2.59. The van der Waals surface area contributed by atoms with Crippen molar-refractivity contribution in [3.05, 3.63) is 34.1 Å². The molecule has 1 heterocycles. The van der Waals surface area contributed by atoms with Gasteiger partial charge in [0.1, 0.15) is 5.82 Å². The van der Waals surface area contributed by atoms with Gasteiger partial charge in [0.05, 0.1) is 16.0 Å². The maximum absolute atomic E-state index is 10.8. The van der Waals surface area contributed by atoms with Crippen molar-refractivity contribution in [1.29, 1.82) is 0 Å². The van der Waals surface area contributed by atoms with Crippen LogP contribution >= 0.6 is 0 Å². The van der Waals surface area contributed by atoms with Crippen LogP contribution in [0.4, 0.5) is 5.69 Å². The van der Waals surface area contributed by atoms with E-state index in [-0.39, 0.29) is 10.6 Å². The summed E-state index contributed by atoms with van der Waals surface area (Å²) in [5.41, 5.74) is 1.75. The molecule has 0 aliphatic heterocycles. The number of aryl methyl sites for hydroxylation is 2. The molecule has 1 aromatic heterocycles. The zero-order chi connectivity index (χ0) is 14.7. The topological polar surface area (TPSA) is 64.2 Å². The highest BCUT2D eigenvalue weighted by molar-refractivity contribution is 5.78. The van der Waals surface area contributed by atoms with E-state index in [1.165, 1.54) is 12.1 Å². The van der Waals surface area contributed by atoms with Crippen LogP contribution in [0.5, 0.6) is 0 Å². The van der Waals surface area contributed by atoms with Crippen LogP contribution in [0, 0.1) is 17.0 Å². The maximum Gasteiger partial charge on any atom is 0.271 e. The van der Waals surface area contributed by atoms with Crippen molar-refractivity contribution in [1.82, 2.24) is 14.5 Å². The van der Waals surface area contributed by atoms with Gasteiger partial charge in [-0.2, -0.15) is 0 Å². The van der Waals surface area contributed by atoms with E-state index in [1.807, 2.05) is 6.92 Å². The van der Waals surface area contributed by atoms with E-state index < -0.39 is 0 Å². The highest BCUT2D eigenvalue weighted by Gasteiger charge is 2.12. The number of nitrogens with zero attached hydrogens (tertiary/aromatic N) is 4. The van der Waals surface area contributed by atoms with Crippen LogP contribution in [0.15, 0.2) is 18.2 Å². The third kappa shape index (κ3) is 2.96. The molecular weight excluding hydrogens is 256 g/mol. The molecule has 0 spiro atoms. The van der Waals surface area contributed by atoms with E-state index in [1.54, 1.807) is 6.07 Å². The molecule has 0 saturated heterocycles. The normalized spacial score (nSPS) is 11.4. The molecule has 0 amide bonds. The van der Waals surface area contributed by atoms with E-state index in [2.05, 4.69) is 28.4 Å². The molecule has 108 valence electrons. The average Bonchev–Trinajstić information content (AvgIpc) is 2.73. The Labute approximate surface area is 118 Å². The number of non-ortho nitro benzene ring substituents is 1. The van der Waals surface area contributed by atoms with E-state index in [9.17, 15) is 10.1 Å². The second-order valence-electron chi connectivity index (χ2n) is 4.99. The molecule has 2 rings (SSSR count). The monoisotopic (exact) mass is 276 g/mol. The van der Waals surface area contributed by atoms with Crippen LogP contribution < -0.4 is 0 Å². The summed E-state index contributed by atoms with van der Waals surface area (Å²) >= 11 is 0. The molecule has 6 nitrogen and oxygen atoms in total. The van der Waals surface area contributed by atoms with Crippen LogP contribution in [-0.4, -0.2) is 39.5 Å². The SMILES string of the molecule is CCN(C)CCCn1c(C)nc2cc([N+](=O)[O-])ccc21. The molecule has 0 aliphatic rings. The molecule has 0 aliphatic carbocycles. The minimum Gasteiger partial charge on any atom is -0.328 e. The van der Waals surface area contributed by atoms with Gasteiger partial charge in [0, 0.05) is 18.7 Å². The number of nitro benzene ring substituents is 1. The molecule has 0 N–H and O–H groups in total. The van der Waals surface area contributed by atoms with Crippen LogP contribution in [0.3, 0.4) is 0 Å². The lowest BCUT2D eigenvalue weighted by Crippen LogP contribution is -2.20.